The van der Waals surface area contributed by atoms with Gasteiger partial charge in [-0.3, -0.25) is 9.59 Å². The van der Waals surface area contributed by atoms with Crippen molar-refractivity contribution in [2.24, 2.45) is 0 Å². The average molecular weight is 1750 g/mol. The number of imidazole rings is 2. The van der Waals surface area contributed by atoms with E-state index in [4.69, 9.17) is 25.5 Å². The Morgan fingerprint density at radius 1 is 0.467 bits per heavy atom. The zero-order chi connectivity index (χ0) is 88.3. The summed E-state index contributed by atoms with van der Waals surface area (Å²) in [5, 5.41) is 24.1. The van der Waals surface area contributed by atoms with Gasteiger partial charge in [-0.05, 0) is 97.1 Å². The molecular weight excluding hydrogens is 1690 g/mol. The summed E-state index contributed by atoms with van der Waals surface area (Å²) in [7, 11) is 3.61. The minimum atomic E-state index is -4.64. The van der Waals surface area contributed by atoms with Gasteiger partial charge in [0.05, 0.1) is 101 Å². The number of hydrogen-bond donors (Lipinski definition) is 6. The number of anilines is 4. The standard InChI is InChI=1S/C18H14F4N2O5.C18H12F4N2O4.C17H10F4N2O4.C16H14F2N2O4.C2HF3O.C2H2F2O2.Li.H2O/c1-27-17(26)9-5-6-11(12(7-9)24-16(25)15(19)20)23-8-10-3-2-4-13-14(10)29-18(21,22)28-13;1-26-17(25)9-5-6-12-11(7-9)23-16(15(19)20)24(12)8-10-3-2-4-13-14(10)28-18(21,22)27-13;18-14(19)15-22-10-6-8(16(24)25)4-5-11(10)23(15)7-9-2-1-3-12-13(9)27-17(20,21)26-12;1-22-15(21)9-5-6-12(11(19)7-9)20-8-10-3-2-4-13-14(10)24-16(17,18)23-13;3-2(4,5)1-6;3-1(4)2(5)6;;/h2-7,15,23H,8H2,1H3,(H,24,25);2-7,15H,8H2,1H3;1-6,14H,7H2,(H,24,25);2-7,20H,8,19H2,1H3;1H;1H,(H,5,6);;1H2/q;;;;;;+1;/p-1. The molecule has 0 spiro atoms. The van der Waals surface area contributed by atoms with E-state index >= 15 is 0 Å². The summed E-state index contributed by atoms with van der Waals surface area (Å²) in [5.74, 6) is -9.14. The van der Waals surface area contributed by atoms with E-state index in [2.05, 4.69) is 72.7 Å². The van der Waals surface area contributed by atoms with Crippen molar-refractivity contribution in [2.75, 3.05) is 43.0 Å². The van der Waals surface area contributed by atoms with Gasteiger partial charge in [0.15, 0.2) is 57.6 Å². The van der Waals surface area contributed by atoms with Gasteiger partial charge in [-0.15, -0.1) is 35.1 Å². The predicted octanol–water partition coefficient (Wildman–Crippen LogP) is 12.7. The van der Waals surface area contributed by atoms with Crippen molar-refractivity contribution in [1.29, 1.82) is 0 Å². The molecule has 122 heavy (non-hydrogen) atoms. The number of aromatic carboxylic acids is 1. The monoisotopic (exact) mass is 1750 g/mol. The molecule has 0 saturated heterocycles. The van der Waals surface area contributed by atoms with Crippen LogP contribution in [0.1, 0.15) is 88.2 Å². The van der Waals surface area contributed by atoms with Crippen molar-refractivity contribution in [3.63, 3.8) is 0 Å². The molecule has 29 nitrogen and oxygen atoms in total. The topological polar surface area (TPSA) is 389 Å². The predicted molar refractivity (Wildman–Crippen MR) is 373 cm³/mol. The molecule has 4 aliphatic heterocycles. The Balaban J connectivity index is 0.000000213. The summed E-state index contributed by atoms with van der Waals surface area (Å²) >= 11 is 0. The third-order valence-electron chi connectivity index (χ3n) is 15.9. The summed E-state index contributed by atoms with van der Waals surface area (Å²) < 4.78 is 290. The number of aliphatic carboxylic acids is 1. The summed E-state index contributed by atoms with van der Waals surface area (Å²) in [5.41, 5.74) is 9.10. The zero-order valence-electron chi connectivity index (χ0n) is 61.8. The van der Waals surface area contributed by atoms with Crippen LogP contribution in [-0.2, 0) is 54.8 Å². The first kappa shape index (κ1) is 95.4. The van der Waals surface area contributed by atoms with Crippen molar-refractivity contribution in [2.45, 2.75) is 83.2 Å². The molecule has 0 bridgehead atoms. The van der Waals surface area contributed by atoms with Gasteiger partial charge in [0.1, 0.15) is 0 Å². The molecule has 0 fully saturated rings. The molecule has 646 valence electrons. The van der Waals surface area contributed by atoms with Crippen LogP contribution in [0.4, 0.5) is 106 Å². The molecule has 0 saturated carbocycles. The normalized spacial score (nSPS) is 13.8. The van der Waals surface area contributed by atoms with Gasteiger partial charge in [0.2, 0.25) is 6.29 Å². The minimum Gasteiger partial charge on any atom is -0.870 e. The molecular formula is C73H54F19LiN8O21. The van der Waals surface area contributed by atoms with Crippen molar-refractivity contribution in [3.05, 3.63) is 202 Å². The number of aldehydes is 1. The van der Waals surface area contributed by atoms with E-state index in [-0.39, 0.29) is 152 Å². The molecule has 10 aromatic rings. The second-order valence-electron chi connectivity index (χ2n) is 23.9. The molecule has 6 heterocycles. The second kappa shape index (κ2) is 39.4. The fourth-order valence-corrected chi connectivity index (χ4v) is 10.9. The van der Waals surface area contributed by atoms with E-state index in [0.29, 0.717) is 33.6 Å². The number of nitrogens with zero attached hydrogens (tertiary/aromatic N) is 4. The van der Waals surface area contributed by atoms with Crippen molar-refractivity contribution in [3.8, 4) is 46.0 Å². The molecule has 1 amide bonds. The maximum Gasteiger partial charge on any atom is 1.00 e. The van der Waals surface area contributed by atoms with E-state index in [1.165, 1.54) is 134 Å². The number of nitrogen functional groups attached to an aromatic ring is 1. The first-order valence-electron chi connectivity index (χ1n) is 33.0. The number of benzene rings is 8. The van der Waals surface area contributed by atoms with Crippen molar-refractivity contribution >= 4 is 86.9 Å². The number of methoxy groups -OCH3 is 3. The van der Waals surface area contributed by atoms with Crippen LogP contribution in [0.15, 0.2) is 146 Å². The number of para-hydroxylation sites is 4. The summed E-state index contributed by atoms with van der Waals surface area (Å²) in [6, 6.07) is 33.7. The van der Waals surface area contributed by atoms with Crippen LogP contribution in [-0.4, -0.2) is 142 Å². The van der Waals surface area contributed by atoms with Crippen LogP contribution in [0.2, 0.25) is 0 Å². The molecule has 0 aliphatic carbocycles. The third-order valence-corrected chi connectivity index (χ3v) is 15.9. The molecule has 49 heteroatoms. The molecule has 2 aromatic heterocycles. The van der Waals surface area contributed by atoms with Crippen LogP contribution < -0.4 is 78.4 Å². The van der Waals surface area contributed by atoms with Crippen LogP contribution in [0, 0.1) is 0 Å². The van der Waals surface area contributed by atoms with Gasteiger partial charge in [0, 0.05) is 35.3 Å². The Kier molecular flexibility index (Phi) is 30.8. The number of aromatic nitrogens is 4. The van der Waals surface area contributed by atoms with E-state index < -0.39 is 111 Å². The molecule has 0 unspecified atom stereocenters. The number of carbonyl (C=O) groups is 7. The van der Waals surface area contributed by atoms with Crippen molar-refractivity contribution in [1.82, 2.24) is 19.1 Å². The van der Waals surface area contributed by atoms with E-state index in [1.807, 2.05) is 5.32 Å². The fraction of sp³-hybridized carbons (Fsp3) is 0.219. The Morgan fingerprint density at radius 3 is 1.12 bits per heavy atom. The Bertz CT molecular complexity index is 5510. The number of alkyl halides is 19. The second-order valence-corrected chi connectivity index (χ2v) is 23.9. The molecule has 0 radical (unpaired) electrons. The SMILES string of the molecule is COC(=O)c1ccc(NCc2cccc3c2OC(F)(F)O3)c(N)c1.COC(=O)c1ccc(NCc2cccc3c2OC(F)(F)O3)c(NC(=O)C(F)F)c1.COC(=O)c1ccc2c(c1)nc(C(F)F)n2Cc1cccc2c1OC(F)(F)O2.O=C(O)C(F)F.O=C(O)c1ccc2c(c1)nc(C(F)F)n2Cc1cccc2c1OC(F)(F)O2.O=CC(F)(F)F.[Li+].[OH-]. The number of amides is 1. The zero-order valence-corrected chi connectivity index (χ0v) is 61.8. The van der Waals surface area contributed by atoms with Gasteiger partial charge in [0.25, 0.3) is 18.8 Å². The maximum atomic E-state index is 13.5. The smallest absolute Gasteiger partial charge is 0.870 e. The Morgan fingerprint density at radius 2 is 0.787 bits per heavy atom. The Hall–Kier alpha value is -13.8. The van der Waals surface area contributed by atoms with E-state index in [0.717, 1.165) is 17.7 Å². The summed E-state index contributed by atoms with van der Waals surface area (Å²) in [6.07, 6.45) is -33.2. The molecule has 0 atom stereocenters. The first-order valence-corrected chi connectivity index (χ1v) is 33.0. The molecule has 8 aromatic carbocycles. The largest absolute Gasteiger partial charge is 1.00 e. The van der Waals surface area contributed by atoms with Gasteiger partial charge in [-0.2, -0.15) is 30.7 Å². The van der Waals surface area contributed by atoms with Gasteiger partial charge >= 0.3 is 92.9 Å². The third kappa shape index (κ3) is 24.0. The van der Waals surface area contributed by atoms with E-state index in [9.17, 15) is 107 Å². The molecule has 8 N–H and O–H groups in total. The number of carboxylic acids is 2. The number of halogens is 19. The molecule has 14 rings (SSSR count). The average Bonchev–Trinajstić information content (AvgIpc) is 1.63. The molecule has 4 aliphatic rings. The number of fused-ring (bicyclic) bond motifs is 6. The van der Waals surface area contributed by atoms with E-state index in [1.54, 1.807) is 24.3 Å². The summed E-state index contributed by atoms with van der Waals surface area (Å²) in [4.78, 5) is 82.6. The number of rotatable bonds is 19. The van der Waals surface area contributed by atoms with Crippen LogP contribution >= 0.6 is 0 Å². The Labute approximate surface area is 681 Å². The number of nitrogens with one attached hydrogen (secondary N) is 3. The number of carbonyl (C=O) groups excluding carboxylic acids is 5. The van der Waals surface area contributed by atoms with Crippen LogP contribution in [0.5, 0.6) is 46.0 Å². The maximum absolute atomic E-state index is 13.5. The fourth-order valence-electron chi connectivity index (χ4n) is 10.9. The quantitative estimate of drug-likeness (QED) is 0.0109. The van der Waals surface area contributed by atoms with Crippen molar-refractivity contribution < 1.29 is 204 Å². The number of hydrogen-bond acceptors (Lipinski definition) is 24. The first-order chi connectivity index (χ1) is 56.3. The number of carboxylic acid groups (broad SMARTS) is 2. The number of ether oxygens (including phenoxy) is 11. The minimum absolute atomic E-state index is 0. The van der Waals surface area contributed by atoms with Crippen LogP contribution in [0.3, 0.4) is 0 Å². The summed E-state index contributed by atoms with van der Waals surface area (Å²) in [6.45, 7) is -0.344. The number of nitrogens with two attached hydrogens (primary N) is 1. The van der Waals surface area contributed by atoms with Gasteiger partial charge < -0.3 is 98.6 Å². The van der Waals surface area contributed by atoms with Gasteiger partial charge in [-0.1, -0.05) is 48.5 Å². The number of esters is 3. The van der Waals surface area contributed by atoms with Gasteiger partial charge in [-0.25, -0.2) is 51.5 Å². The van der Waals surface area contributed by atoms with Crippen LogP contribution in [0.25, 0.3) is 22.1 Å².